The number of carbonyl (C=O) groups excluding carboxylic acids is 1. The molecule has 0 radical (unpaired) electrons. The first-order valence-corrected chi connectivity index (χ1v) is 10.3. The SMILES string of the molecule is Cc1nc2c(c(N3CCC(C(=O)Nc4ccc(F)c(Cl)c4)CC3)n1)CCCC2. The molecule has 2 aliphatic rings. The van der Waals surface area contributed by atoms with Crippen LogP contribution in [0.4, 0.5) is 15.9 Å². The quantitative estimate of drug-likeness (QED) is 0.831. The average Bonchev–Trinajstić information content (AvgIpc) is 2.70. The highest BCUT2D eigenvalue weighted by atomic mass is 35.5. The number of piperidine rings is 1. The maximum Gasteiger partial charge on any atom is 0.227 e. The zero-order chi connectivity index (χ0) is 19.7. The minimum atomic E-state index is -0.489. The number of amides is 1. The van der Waals surface area contributed by atoms with Crippen LogP contribution >= 0.6 is 11.6 Å². The van der Waals surface area contributed by atoms with Crippen molar-refractivity contribution in [2.45, 2.75) is 45.4 Å². The van der Waals surface area contributed by atoms with Gasteiger partial charge < -0.3 is 10.2 Å². The van der Waals surface area contributed by atoms with Gasteiger partial charge in [-0.2, -0.15) is 0 Å². The number of aryl methyl sites for hydroxylation is 2. The molecule has 5 nitrogen and oxygen atoms in total. The Bertz CT molecular complexity index is 896. The Kier molecular flexibility index (Phi) is 5.49. The molecule has 4 rings (SSSR count). The second kappa shape index (κ2) is 8.03. The van der Waals surface area contributed by atoms with E-state index in [4.69, 9.17) is 16.6 Å². The number of benzene rings is 1. The maximum atomic E-state index is 13.3. The Morgan fingerprint density at radius 3 is 2.71 bits per heavy atom. The van der Waals surface area contributed by atoms with E-state index in [-0.39, 0.29) is 16.8 Å². The van der Waals surface area contributed by atoms with Crippen molar-refractivity contribution in [3.8, 4) is 0 Å². The standard InChI is InChI=1S/C21H24ClFN4O/c1-13-24-19-5-3-2-4-16(19)20(25-13)27-10-8-14(9-11-27)21(28)26-15-6-7-18(23)17(22)12-15/h6-7,12,14H,2-5,8-11H2,1H3,(H,26,28). The lowest BCUT2D eigenvalue weighted by Gasteiger charge is -2.34. The van der Waals surface area contributed by atoms with Crippen molar-refractivity contribution in [1.29, 1.82) is 0 Å². The minimum Gasteiger partial charge on any atom is -0.356 e. The first-order valence-electron chi connectivity index (χ1n) is 9.88. The van der Waals surface area contributed by atoms with Gasteiger partial charge in [0.05, 0.1) is 5.02 Å². The summed E-state index contributed by atoms with van der Waals surface area (Å²) in [5.74, 6) is 1.29. The molecule has 1 aliphatic carbocycles. The highest BCUT2D eigenvalue weighted by Crippen LogP contribution is 2.31. The molecule has 0 spiro atoms. The summed E-state index contributed by atoms with van der Waals surface area (Å²) in [7, 11) is 0. The van der Waals surface area contributed by atoms with Crippen molar-refractivity contribution in [1.82, 2.24) is 9.97 Å². The topological polar surface area (TPSA) is 58.1 Å². The molecular weight excluding hydrogens is 379 g/mol. The summed E-state index contributed by atoms with van der Waals surface area (Å²) in [5, 5.41) is 2.87. The number of rotatable bonds is 3. The van der Waals surface area contributed by atoms with Crippen molar-refractivity contribution >= 4 is 29.0 Å². The maximum absolute atomic E-state index is 13.3. The van der Waals surface area contributed by atoms with Gasteiger partial charge in [0.1, 0.15) is 17.5 Å². The molecule has 28 heavy (non-hydrogen) atoms. The van der Waals surface area contributed by atoms with Gasteiger partial charge in [0.25, 0.3) is 0 Å². The molecule has 1 aromatic heterocycles. The Morgan fingerprint density at radius 2 is 1.96 bits per heavy atom. The molecule has 2 aromatic rings. The lowest BCUT2D eigenvalue weighted by molar-refractivity contribution is -0.120. The van der Waals surface area contributed by atoms with Gasteiger partial charge in [-0.1, -0.05) is 11.6 Å². The van der Waals surface area contributed by atoms with Crippen LogP contribution in [0.15, 0.2) is 18.2 Å². The molecule has 2 heterocycles. The van der Waals surface area contributed by atoms with E-state index in [2.05, 4.69) is 15.2 Å². The molecule has 0 atom stereocenters. The fourth-order valence-corrected chi connectivity index (χ4v) is 4.31. The first-order chi connectivity index (χ1) is 13.5. The van der Waals surface area contributed by atoms with Crippen LogP contribution in [0.1, 0.15) is 42.8 Å². The minimum absolute atomic E-state index is 0.0107. The number of fused-ring (bicyclic) bond motifs is 1. The smallest absolute Gasteiger partial charge is 0.227 e. The number of hydrogen-bond donors (Lipinski definition) is 1. The van der Waals surface area contributed by atoms with E-state index in [0.717, 1.165) is 50.4 Å². The molecule has 0 unspecified atom stereocenters. The van der Waals surface area contributed by atoms with Crippen molar-refractivity contribution in [2.75, 3.05) is 23.3 Å². The van der Waals surface area contributed by atoms with Gasteiger partial charge in [0.2, 0.25) is 5.91 Å². The molecular formula is C21H24ClFN4O. The number of aromatic nitrogens is 2. The summed E-state index contributed by atoms with van der Waals surface area (Å²) in [6.45, 7) is 3.54. The molecule has 1 fully saturated rings. The van der Waals surface area contributed by atoms with Crippen molar-refractivity contribution in [3.05, 3.63) is 46.1 Å². The lowest BCUT2D eigenvalue weighted by atomic mass is 9.93. The molecule has 1 aliphatic heterocycles. The number of nitrogens with zero attached hydrogens (tertiary/aromatic N) is 3. The van der Waals surface area contributed by atoms with E-state index in [9.17, 15) is 9.18 Å². The number of carbonyl (C=O) groups is 1. The van der Waals surface area contributed by atoms with Crippen LogP contribution in [-0.4, -0.2) is 29.0 Å². The van der Waals surface area contributed by atoms with Crippen LogP contribution in [0.25, 0.3) is 0 Å². The molecule has 1 saturated heterocycles. The Balaban J connectivity index is 1.41. The normalized spacial score (nSPS) is 17.3. The van der Waals surface area contributed by atoms with E-state index in [1.165, 1.54) is 42.3 Å². The predicted octanol–water partition coefficient (Wildman–Crippen LogP) is 4.31. The number of anilines is 2. The Hall–Kier alpha value is -2.21. The van der Waals surface area contributed by atoms with Crippen LogP contribution < -0.4 is 10.2 Å². The van der Waals surface area contributed by atoms with E-state index >= 15 is 0 Å². The van der Waals surface area contributed by atoms with Crippen LogP contribution in [0.5, 0.6) is 0 Å². The highest BCUT2D eigenvalue weighted by Gasteiger charge is 2.28. The summed E-state index contributed by atoms with van der Waals surface area (Å²) in [5.41, 5.74) is 3.02. The van der Waals surface area contributed by atoms with E-state index in [1.807, 2.05) is 6.92 Å². The van der Waals surface area contributed by atoms with Crippen LogP contribution in [0.2, 0.25) is 5.02 Å². The zero-order valence-electron chi connectivity index (χ0n) is 16.0. The molecule has 1 N–H and O–H groups in total. The fraction of sp³-hybridized carbons (Fsp3) is 0.476. The number of nitrogens with one attached hydrogen (secondary N) is 1. The van der Waals surface area contributed by atoms with Gasteiger partial charge in [0, 0.05) is 36.0 Å². The fourth-order valence-electron chi connectivity index (χ4n) is 4.13. The number of hydrogen-bond acceptors (Lipinski definition) is 4. The molecule has 0 bridgehead atoms. The van der Waals surface area contributed by atoms with E-state index in [0.29, 0.717) is 5.69 Å². The van der Waals surface area contributed by atoms with Gasteiger partial charge in [-0.25, -0.2) is 14.4 Å². The lowest BCUT2D eigenvalue weighted by Crippen LogP contribution is -2.39. The summed E-state index contributed by atoms with van der Waals surface area (Å²) in [4.78, 5) is 24.3. The molecule has 1 amide bonds. The molecule has 7 heteroatoms. The van der Waals surface area contributed by atoms with E-state index in [1.54, 1.807) is 0 Å². The van der Waals surface area contributed by atoms with Crippen molar-refractivity contribution < 1.29 is 9.18 Å². The summed E-state index contributed by atoms with van der Waals surface area (Å²) < 4.78 is 13.3. The average molecular weight is 403 g/mol. The van der Waals surface area contributed by atoms with Gasteiger partial charge >= 0.3 is 0 Å². The molecule has 0 saturated carbocycles. The molecule has 148 valence electrons. The van der Waals surface area contributed by atoms with Gasteiger partial charge in [-0.05, 0) is 63.6 Å². The highest BCUT2D eigenvalue weighted by molar-refractivity contribution is 6.31. The number of halogens is 2. The van der Waals surface area contributed by atoms with Gasteiger partial charge in [-0.3, -0.25) is 4.79 Å². The van der Waals surface area contributed by atoms with Crippen LogP contribution in [-0.2, 0) is 17.6 Å². The van der Waals surface area contributed by atoms with Crippen molar-refractivity contribution in [2.24, 2.45) is 5.92 Å². The zero-order valence-corrected chi connectivity index (χ0v) is 16.7. The largest absolute Gasteiger partial charge is 0.356 e. The van der Waals surface area contributed by atoms with Crippen LogP contribution in [0.3, 0.4) is 0 Å². The monoisotopic (exact) mass is 402 g/mol. The van der Waals surface area contributed by atoms with Crippen LogP contribution in [0, 0.1) is 18.7 Å². The Morgan fingerprint density at radius 1 is 1.21 bits per heavy atom. The second-order valence-electron chi connectivity index (χ2n) is 7.61. The second-order valence-corrected chi connectivity index (χ2v) is 8.01. The van der Waals surface area contributed by atoms with Gasteiger partial charge in [-0.15, -0.1) is 0 Å². The summed E-state index contributed by atoms with van der Waals surface area (Å²) in [6.07, 6.45) is 5.97. The predicted molar refractivity (Wildman–Crippen MR) is 108 cm³/mol. The molecule has 1 aromatic carbocycles. The Labute approximate surface area is 169 Å². The van der Waals surface area contributed by atoms with E-state index < -0.39 is 5.82 Å². The first kappa shape index (κ1) is 19.1. The summed E-state index contributed by atoms with van der Waals surface area (Å²) in [6, 6.07) is 4.24. The summed E-state index contributed by atoms with van der Waals surface area (Å²) >= 11 is 5.80. The third kappa shape index (κ3) is 3.97. The third-order valence-corrected chi connectivity index (χ3v) is 5.92. The van der Waals surface area contributed by atoms with Crippen molar-refractivity contribution in [3.63, 3.8) is 0 Å². The third-order valence-electron chi connectivity index (χ3n) is 5.63. The van der Waals surface area contributed by atoms with Gasteiger partial charge in [0.15, 0.2) is 0 Å².